The van der Waals surface area contributed by atoms with Gasteiger partial charge in [-0.1, -0.05) is 13.0 Å². The number of hydrogen-bond acceptors (Lipinski definition) is 1. The predicted octanol–water partition coefficient (Wildman–Crippen LogP) is 3.30. The molecule has 1 aromatic rings. The summed E-state index contributed by atoms with van der Waals surface area (Å²) < 4.78 is 13.6. The van der Waals surface area contributed by atoms with E-state index in [1.165, 1.54) is 5.56 Å². The first kappa shape index (κ1) is 11.1. The van der Waals surface area contributed by atoms with Crippen LogP contribution in [0.2, 0.25) is 0 Å². The van der Waals surface area contributed by atoms with Gasteiger partial charge in [-0.05, 0) is 58.9 Å². The van der Waals surface area contributed by atoms with Crippen LogP contribution in [-0.2, 0) is 0 Å². The van der Waals surface area contributed by atoms with E-state index in [2.05, 4.69) is 28.2 Å². The summed E-state index contributed by atoms with van der Waals surface area (Å²) in [6.07, 6.45) is 1.15. The Labute approximate surface area is 98.2 Å². The highest BCUT2D eigenvalue weighted by Crippen LogP contribution is 2.42. The molecule has 1 saturated carbocycles. The maximum absolute atomic E-state index is 13.1. The lowest BCUT2D eigenvalue weighted by Crippen LogP contribution is -2.46. The quantitative estimate of drug-likeness (QED) is 0.871. The highest BCUT2D eigenvalue weighted by molar-refractivity contribution is 9.10. The number of nitrogens with one attached hydrogen (secondary N) is 1. The monoisotopic (exact) mass is 271 g/mol. The van der Waals surface area contributed by atoms with Crippen LogP contribution in [0, 0.1) is 11.7 Å². The van der Waals surface area contributed by atoms with Crippen LogP contribution in [0.4, 0.5) is 4.39 Å². The molecule has 0 bridgehead atoms. The van der Waals surface area contributed by atoms with Crippen LogP contribution in [0.15, 0.2) is 22.7 Å². The van der Waals surface area contributed by atoms with E-state index in [1.54, 1.807) is 6.07 Å². The van der Waals surface area contributed by atoms with E-state index in [1.807, 2.05) is 19.2 Å². The van der Waals surface area contributed by atoms with Gasteiger partial charge in [0.25, 0.3) is 0 Å². The largest absolute Gasteiger partial charge is 0.317 e. The van der Waals surface area contributed by atoms with Crippen molar-refractivity contribution >= 4 is 15.9 Å². The highest BCUT2D eigenvalue weighted by Gasteiger charge is 2.37. The molecule has 1 nitrogen and oxygen atoms in total. The second-order valence-electron chi connectivity index (χ2n) is 4.27. The summed E-state index contributed by atoms with van der Waals surface area (Å²) in [6, 6.07) is 5.95. The molecule has 0 aliphatic heterocycles. The Morgan fingerprint density at radius 3 is 2.73 bits per heavy atom. The Kier molecular flexibility index (Phi) is 3.12. The SMILES string of the molecule is CNC1CC(c2ccc(F)c(Br)c2)C1C. The molecular weight excluding hydrogens is 257 g/mol. The van der Waals surface area contributed by atoms with Crippen LogP contribution < -0.4 is 5.32 Å². The topological polar surface area (TPSA) is 12.0 Å². The van der Waals surface area contributed by atoms with Crippen LogP contribution in [0.5, 0.6) is 0 Å². The molecule has 0 aromatic heterocycles. The second kappa shape index (κ2) is 4.22. The van der Waals surface area contributed by atoms with E-state index in [4.69, 9.17) is 0 Å². The summed E-state index contributed by atoms with van der Waals surface area (Å²) >= 11 is 3.23. The Hall–Kier alpha value is -0.410. The van der Waals surface area contributed by atoms with Gasteiger partial charge in [-0.2, -0.15) is 0 Å². The Morgan fingerprint density at radius 1 is 1.47 bits per heavy atom. The molecule has 82 valence electrons. The van der Waals surface area contributed by atoms with Gasteiger partial charge < -0.3 is 5.32 Å². The van der Waals surface area contributed by atoms with Crippen molar-refractivity contribution in [2.24, 2.45) is 5.92 Å². The summed E-state index contributed by atoms with van der Waals surface area (Å²) in [5.41, 5.74) is 1.24. The molecule has 3 heteroatoms. The van der Waals surface area contributed by atoms with Crippen molar-refractivity contribution in [1.29, 1.82) is 0 Å². The predicted molar refractivity (Wildman–Crippen MR) is 63.5 cm³/mol. The molecule has 3 unspecified atom stereocenters. The number of rotatable bonds is 2. The van der Waals surface area contributed by atoms with Crippen LogP contribution in [0.3, 0.4) is 0 Å². The lowest BCUT2D eigenvalue weighted by Gasteiger charge is -2.43. The van der Waals surface area contributed by atoms with Gasteiger partial charge in [0.2, 0.25) is 0 Å². The molecule has 1 N–H and O–H groups in total. The van der Waals surface area contributed by atoms with E-state index in [0.717, 1.165) is 6.42 Å². The molecule has 15 heavy (non-hydrogen) atoms. The minimum atomic E-state index is -0.184. The molecule has 0 radical (unpaired) electrons. The summed E-state index contributed by atoms with van der Waals surface area (Å²) in [5, 5.41) is 3.29. The van der Waals surface area contributed by atoms with Crippen molar-refractivity contribution in [3.05, 3.63) is 34.1 Å². The second-order valence-corrected chi connectivity index (χ2v) is 5.12. The van der Waals surface area contributed by atoms with Crippen molar-refractivity contribution in [2.45, 2.75) is 25.3 Å². The first-order valence-electron chi connectivity index (χ1n) is 5.25. The molecule has 0 amide bonds. The number of hydrogen-bond donors (Lipinski definition) is 1. The molecule has 1 aliphatic carbocycles. The van der Waals surface area contributed by atoms with Gasteiger partial charge in [-0.3, -0.25) is 0 Å². The van der Waals surface area contributed by atoms with Crippen molar-refractivity contribution in [2.75, 3.05) is 7.05 Å². The molecule has 0 saturated heterocycles. The first-order chi connectivity index (χ1) is 7.13. The standard InChI is InChI=1S/C12H15BrFN/c1-7-9(6-12(7)15-2)8-3-4-11(14)10(13)5-8/h3-5,7,9,12,15H,6H2,1-2H3. The van der Waals surface area contributed by atoms with Gasteiger partial charge in [0.05, 0.1) is 4.47 Å². The lowest BCUT2D eigenvalue weighted by molar-refractivity contribution is 0.194. The molecular formula is C12H15BrFN. The number of benzene rings is 1. The molecule has 2 rings (SSSR count). The van der Waals surface area contributed by atoms with Crippen LogP contribution in [-0.4, -0.2) is 13.1 Å². The van der Waals surface area contributed by atoms with Crippen molar-refractivity contribution in [3.63, 3.8) is 0 Å². The molecule has 0 spiro atoms. The van der Waals surface area contributed by atoms with E-state index in [-0.39, 0.29) is 5.82 Å². The van der Waals surface area contributed by atoms with Gasteiger partial charge in [-0.25, -0.2) is 4.39 Å². The van der Waals surface area contributed by atoms with E-state index >= 15 is 0 Å². The molecule has 0 heterocycles. The Bertz CT molecular complexity index is 367. The third-order valence-corrected chi connectivity index (χ3v) is 4.13. The zero-order valence-corrected chi connectivity index (χ0v) is 10.5. The Balaban J connectivity index is 2.15. The van der Waals surface area contributed by atoms with E-state index < -0.39 is 0 Å². The van der Waals surface area contributed by atoms with Gasteiger partial charge >= 0.3 is 0 Å². The fourth-order valence-electron chi connectivity index (χ4n) is 2.35. The third-order valence-electron chi connectivity index (χ3n) is 3.52. The zero-order valence-electron chi connectivity index (χ0n) is 8.93. The average molecular weight is 272 g/mol. The summed E-state index contributed by atoms with van der Waals surface area (Å²) in [6.45, 7) is 2.24. The van der Waals surface area contributed by atoms with Crippen LogP contribution in [0.1, 0.15) is 24.8 Å². The summed E-state index contributed by atoms with van der Waals surface area (Å²) in [4.78, 5) is 0. The summed E-state index contributed by atoms with van der Waals surface area (Å²) in [5.74, 6) is 1.02. The van der Waals surface area contributed by atoms with Crippen LogP contribution >= 0.6 is 15.9 Å². The highest BCUT2D eigenvalue weighted by atomic mass is 79.9. The number of halogens is 2. The van der Waals surface area contributed by atoms with E-state index in [9.17, 15) is 4.39 Å². The molecule has 3 atom stereocenters. The first-order valence-corrected chi connectivity index (χ1v) is 6.05. The molecule has 1 fully saturated rings. The average Bonchev–Trinajstić information content (AvgIpc) is 2.22. The maximum Gasteiger partial charge on any atom is 0.137 e. The van der Waals surface area contributed by atoms with Crippen molar-refractivity contribution in [1.82, 2.24) is 5.32 Å². The minimum Gasteiger partial charge on any atom is -0.317 e. The van der Waals surface area contributed by atoms with Gasteiger partial charge in [0.1, 0.15) is 5.82 Å². The van der Waals surface area contributed by atoms with Crippen LogP contribution in [0.25, 0.3) is 0 Å². The molecule has 1 aliphatic rings. The smallest absolute Gasteiger partial charge is 0.137 e. The van der Waals surface area contributed by atoms with Crippen molar-refractivity contribution < 1.29 is 4.39 Å². The lowest BCUT2D eigenvalue weighted by atomic mass is 9.67. The minimum absolute atomic E-state index is 0.184. The fourth-order valence-corrected chi connectivity index (χ4v) is 2.75. The Morgan fingerprint density at radius 2 is 2.20 bits per heavy atom. The molecule has 1 aromatic carbocycles. The van der Waals surface area contributed by atoms with E-state index in [0.29, 0.717) is 22.4 Å². The zero-order chi connectivity index (χ0) is 11.0. The van der Waals surface area contributed by atoms with Crippen molar-refractivity contribution in [3.8, 4) is 0 Å². The summed E-state index contributed by atoms with van der Waals surface area (Å²) in [7, 11) is 2.00. The third kappa shape index (κ3) is 1.95. The maximum atomic E-state index is 13.1. The van der Waals surface area contributed by atoms with Gasteiger partial charge in [0, 0.05) is 6.04 Å². The van der Waals surface area contributed by atoms with Gasteiger partial charge in [0.15, 0.2) is 0 Å². The normalized spacial score (nSPS) is 30.0. The van der Waals surface area contributed by atoms with Gasteiger partial charge in [-0.15, -0.1) is 0 Å². The fraction of sp³-hybridized carbons (Fsp3) is 0.500.